The van der Waals surface area contributed by atoms with Crippen LogP contribution in [-0.4, -0.2) is 56.6 Å². The summed E-state index contributed by atoms with van der Waals surface area (Å²) in [6.07, 6.45) is 2.79. The number of aromatic nitrogens is 6. The summed E-state index contributed by atoms with van der Waals surface area (Å²) in [4.78, 5) is 21.2. The number of ether oxygens (including phenoxy) is 2. The molecule has 0 aliphatic heterocycles. The molecule has 102 valence electrons. The zero-order valence-electron chi connectivity index (χ0n) is 10.5. The molecule has 2 aromatic heterocycles. The maximum Gasteiger partial charge on any atom is 0.360 e. The van der Waals surface area contributed by atoms with Crippen LogP contribution in [0.15, 0.2) is 12.4 Å². The molecule has 0 aliphatic rings. The second kappa shape index (κ2) is 6.83. The van der Waals surface area contributed by atoms with Crippen LogP contribution in [-0.2, 0) is 16.5 Å². The molecule has 0 radical (unpaired) electrons. The molecule has 0 fully saturated rings. The summed E-state index contributed by atoms with van der Waals surface area (Å²) < 4.78 is 10.2. The van der Waals surface area contributed by atoms with Crippen LogP contribution >= 0.6 is 0 Å². The lowest BCUT2D eigenvalue weighted by Gasteiger charge is -1.88. The van der Waals surface area contributed by atoms with Gasteiger partial charge in [-0.25, -0.2) is 9.59 Å². The van der Waals surface area contributed by atoms with E-state index in [4.69, 9.17) is 0 Å². The molecule has 0 atom stereocenters. The molecule has 10 heteroatoms. The molecule has 0 saturated heterocycles. The number of hydrogen-bond acceptors (Lipinski definition) is 8. The van der Waals surface area contributed by atoms with Crippen molar-refractivity contribution in [2.75, 3.05) is 14.2 Å². The quantitative estimate of drug-likeness (QED) is 0.701. The van der Waals surface area contributed by atoms with E-state index >= 15 is 0 Å². The van der Waals surface area contributed by atoms with E-state index < -0.39 is 11.9 Å². The molecule has 19 heavy (non-hydrogen) atoms. The van der Waals surface area contributed by atoms with Gasteiger partial charge in [-0.05, 0) is 0 Å². The molecule has 0 aromatic carbocycles. The molecule has 0 aliphatic carbocycles. The van der Waals surface area contributed by atoms with Gasteiger partial charge in [0.25, 0.3) is 0 Å². The maximum atomic E-state index is 10.7. The SMILES string of the molecule is COC(=O)c1cn(C)nn1.COC(=O)c1cn[nH]n1. The predicted molar refractivity (Wildman–Crippen MR) is 60.1 cm³/mol. The fourth-order valence-electron chi connectivity index (χ4n) is 0.950. The molecule has 10 nitrogen and oxygen atoms in total. The number of esters is 2. The fraction of sp³-hybridized carbons (Fsp3) is 0.333. The maximum absolute atomic E-state index is 10.7. The summed E-state index contributed by atoms with van der Waals surface area (Å²) in [6.45, 7) is 0. The zero-order valence-corrected chi connectivity index (χ0v) is 10.5. The number of methoxy groups -OCH3 is 2. The Morgan fingerprint density at radius 2 is 1.84 bits per heavy atom. The first kappa shape index (κ1) is 14.3. The third-order valence-electron chi connectivity index (χ3n) is 1.81. The highest BCUT2D eigenvalue weighted by molar-refractivity contribution is 5.86. The van der Waals surface area contributed by atoms with E-state index in [2.05, 4.69) is 35.2 Å². The van der Waals surface area contributed by atoms with E-state index in [0.29, 0.717) is 0 Å². The minimum absolute atomic E-state index is 0.192. The number of aromatic amines is 1. The Kier molecular flexibility index (Phi) is 5.14. The van der Waals surface area contributed by atoms with E-state index in [-0.39, 0.29) is 11.4 Å². The Hall–Kier alpha value is -2.78. The molecular formula is C9H12N6O4. The average molecular weight is 268 g/mol. The van der Waals surface area contributed by atoms with Gasteiger partial charge in [-0.15, -0.1) is 10.2 Å². The zero-order chi connectivity index (χ0) is 14.3. The van der Waals surface area contributed by atoms with Gasteiger partial charge < -0.3 is 9.47 Å². The number of hydrogen-bond donors (Lipinski definition) is 1. The molecule has 2 heterocycles. The lowest BCUT2D eigenvalue weighted by atomic mass is 10.5. The normalized spacial score (nSPS) is 9.21. The highest BCUT2D eigenvalue weighted by atomic mass is 16.5. The van der Waals surface area contributed by atoms with Crippen LogP contribution in [0.2, 0.25) is 0 Å². The van der Waals surface area contributed by atoms with E-state index in [1.165, 1.54) is 31.3 Å². The Bertz CT molecular complexity index is 535. The van der Waals surface area contributed by atoms with Gasteiger partial charge in [0.1, 0.15) is 0 Å². The molecule has 2 rings (SSSR count). The van der Waals surface area contributed by atoms with E-state index in [1.54, 1.807) is 7.05 Å². The summed E-state index contributed by atoms with van der Waals surface area (Å²) in [7, 11) is 4.27. The third kappa shape index (κ3) is 4.18. The number of nitrogens with one attached hydrogen (secondary N) is 1. The van der Waals surface area contributed by atoms with Crippen LogP contribution in [0.5, 0.6) is 0 Å². The second-order valence-electron chi connectivity index (χ2n) is 3.12. The first-order valence-electron chi connectivity index (χ1n) is 4.97. The summed E-state index contributed by atoms with van der Waals surface area (Å²) in [6, 6.07) is 0. The predicted octanol–water partition coefficient (Wildman–Crippen LogP) is -0.807. The smallest absolute Gasteiger partial charge is 0.360 e. The van der Waals surface area contributed by atoms with Gasteiger partial charge >= 0.3 is 11.9 Å². The molecule has 1 N–H and O–H groups in total. The van der Waals surface area contributed by atoms with Gasteiger partial charge in [-0.1, -0.05) is 5.21 Å². The number of aryl methyl sites for hydroxylation is 1. The van der Waals surface area contributed by atoms with E-state index in [0.717, 1.165) is 0 Å². The monoisotopic (exact) mass is 268 g/mol. The van der Waals surface area contributed by atoms with Gasteiger partial charge in [0.15, 0.2) is 11.4 Å². The summed E-state index contributed by atoms with van der Waals surface area (Å²) >= 11 is 0. The van der Waals surface area contributed by atoms with Crippen LogP contribution in [0, 0.1) is 0 Å². The molecule has 0 unspecified atom stereocenters. The van der Waals surface area contributed by atoms with Gasteiger partial charge in [0.05, 0.1) is 26.6 Å². The highest BCUT2D eigenvalue weighted by Gasteiger charge is 2.08. The van der Waals surface area contributed by atoms with Crippen LogP contribution < -0.4 is 0 Å². The third-order valence-corrected chi connectivity index (χ3v) is 1.81. The van der Waals surface area contributed by atoms with Gasteiger partial charge in [-0.2, -0.15) is 10.3 Å². The van der Waals surface area contributed by atoms with Crippen molar-refractivity contribution >= 4 is 11.9 Å². The first-order chi connectivity index (χ1) is 9.08. The van der Waals surface area contributed by atoms with Crippen molar-refractivity contribution in [3.05, 3.63) is 23.8 Å². The van der Waals surface area contributed by atoms with Crippen molar-refractivity contribution in [2.45, 2.75) is 0 Å². The van der Waals surface area contributed by atoms with Crippen LogP contribution in [0.25, 0.3) is 0 Å². The van der Waals surface area contributed by atoms with E-state index in [1.807, 2.05) is 0 Å². The molecule has 0 saturated carbocycles. The van der Waals surface area contributed by atoms with Gasteiger partial charge in [0.2, 0.25) is 0 Å². The Balaban J connectivity index is 0.000000191. The second-order valence-corrected chi connectivity index (χ2v) is 3.12. The standard InChI is InChI=1S/C5H7N3O2.C4H5N3O2/c1-8-3-4(6-7-8)5(9)10-2;1-9-4(8)3-2-5-7-6-3/h3H,1-2H3;2H,1H3,(H,5,6,7). The summed E-state index contributed by atoms with van der Waals surface area (Å²) in [5, 5.41) is 16.3. The topological polar surface area (TPSA) is 125 Å². The largest absolute Gasteiger partial charge is 0.464 e. The first-order valence-corrected chi connectivity index (χ1v) is 4.97. The number of H-pyrrole nitrogens is 1. The van der Waals surface area contributed by atoms with Crippen molar-refractivity contribution in [1.82, 2.24) is 30.4 Å². The molecule has 0 bridgehead atoms. The van der Waals surface area contributed by atoms with Crippen LogP contribution in [0.1, 0.15) is 21.0 Å². The molecule has 0 amide bonds. The molecular weight excluding hydrogens is 256 g/mol. The lowest BCUT2D eigenvalue weighted by Crippen LogP contribution is -2.00. The molecule has 0 spiro atoms. The average Bonchev–Trinajstić information content (AvgIpc) is 3.08. The van der Waals surface area contributed by atoms with Gasteiger partial charge in [-0.3, -0.25) is 4.68 Å². The van der Waals surface area contributed by atoms with Crippen LogP contribution in [0.4, 0.5) is 0 Å². The highest BCUT2D eigenvalue weighted by Crippen LogP contribution is 1.92. The van der Waals surface area contributed by atoms with Crippen molar-refractivity contribution in [1.29, 1.82) is 0 Å². The Morgan fingerprint density at radius 1 is 1.21 bits per heavy atom. The van der Waals surface area contributed by atoms with Crippen molar-refractivity contribution < 1.29 is 19.1 Å². The summed E-state index contributed by atoms with van der Waals surface area (Å²) in [5.74, 6) is -0.947. The number of rotatable bonds is 2. The van der Waals surface area contributed by atoms with Crippen molar-refractivity contribution in [3.63, 3.8) is 0 Å². The number of carbonyl (C=O) groups is 2. The fourth-order valence-corrected chi connectivity index (χ4v) is 0.950. The van der Waals surface area contributed by atoms with Crippen LogP contribution in [0.3, 0.4) is 0 Å². The minimum atomic E-state index is -0.483. The number of nitrogens with zero attached hydrogens (tertiary/aromatic N) is 5. The van der Waals surface area contributed by atoms with Crippen molar-refractivity contribution in [2.24, 2.45) is 7.05 Å². The summed E-state index contributed by atoms with van der Waals surface area (Å²) in [5.41, 5.74) is 0.419. The van der Waals surface area contributed by atoms with Crippen molar-refractivity contribution in [3.8, 4) is 0 Å². The number of carbonyl (C=O) groups excluding carboxylic acids is 2. The molecule has 2 aromatic rings. The minimum Gasteiger partial charge on any atom is -0.464 e. The van der Waals surface area contributed by atoms with Gasteiger partial charge in [0, 0.05) is 7.05 Å². The lowest BCUT2D eigenvalue weighted by molar-refractivity contribution is 0.0585. The Labute approximate surface area is 107 Å². The Morgan fingerprint density at radius 3 is 2.26 bits per heavy atom. The van der Waals surface area contributed by atoms with E-state index in [9.17, 15) is 9.59 Å².